The van der Waals surface area contributed by atoms with E-state index in [2.05, 4.69) is 32.4 Å². The van der Waals surface area contributed by atoms with Gasteiger partial charge in [0.2, 0.25) is 11.9 Å². The molecule has 0 aromatic carbocycles. The van der Waals surface area contributed by atoms with Gasteiger partial charge in [-0.2, -0.15) is 4.98 Å². The number of aromatic nitrogens is 2. The molecular formula is C17H23N5OS. The van der Waals surface area contributed by atoms with E-state index in [9.17, 15) is 4.79 Å². The summed E-state index contributed by atoms with van der Waals surface area (Å²) in [5.41, 5.74) is 5.73. The molecule has 1 fully saturated rings. The van der Waals surface area contributed by atoms with E-state index in [1.54, 1.807) is 23.6 Å². The first-order valence-electron chi connectivity index (χ1n) is 8.36. The van der Waals surface area contributed by atoms with Gasteiger partial charge in [-0.15, -0.1) is 11.3 Å². The normalized spacial score (nSPS) is 15.3. The molecule has 2 aromatic rings. The van der Waals surface area contributed by atoms with Crippen LogP contribution in [0.1, 0.15) is 24.1 Å². The summed E-state index contributed by atoms with van der Waals surface area (Å²) < 4.78 is 0. The number of thiophene rings is 1. The van der Waals surface area contributed by atoms with Crippen LogP contribution in [0.25, 0.3) is 0 Å². The Labute approximate surface area is 146 Å². The van der Waals surface area contributed by atoms with Crippen LogP contribution in [0.3, 0.4) is 0 Å². The van der Waals surface area contributed by atoms with Gasteiger partial charge in [-0.3, -0.25) is 4.79 Å². The van der Waals surface area contributed by atoms with Gasteiger partial charge in [0.1, 0.15) is 5.82 Å². The predicted molar refractivity (Wildman–Crippen MR) is 97.1 cm³/mol. The fraction of sp³-hybridized carbons (Fsp3) is 0.471. The summed E-state index contributed by atoms with van der Waals surface area (Å²) in [7, 11) is 0. The van der Waals surface area contributed by atoms with E-state index in [0.29, 0.717) is 18.2 Å². The summed E-state index contributed by atoms with van der Waals surface area (Å²) in [5.74, 6) is 1.38. The topological polar surface area (TPSA) is 75.3 Å². The van der Waals surface area contributed by atoms with Gasteiger partial charge in [0.25, 0.3) is 0 Å². The van der Waals surface area contributed by atoms with Crippen LogP contribution in [0.5, 0.6) is 0 Å². The SMILES string of the molecule is Nc1ccnc(N2CCCN(C(=O)CCCc3cccs3)CC2)n1. The quantitative estimate of drug-likeness (QED) is 0.899. The third kappa shape index (κ3) is 4.44. The molecule has 0 bridgehead atoms. The number of hydrogen-bond acceptors (Lipinski definition) is 6. The molecule has 0 spiro atoms. The maximum absolute atomic E-state index is 12.4. The van der Waals surface area contributed by atoms with Gasteiger partial charge in [0.15, 0.2) is 0 Å². The zero-order valence-corrected chi connectivity index (χ0v) is 14.5. The van der Waals surface area contributed by atoms with Crippen LogP contribution in [-0.2, 0) is 11.2 Å². The molecule has 0 unspecified atom stereocenters. The smallest absolute Gasteiger partial charge is 0.227 e. The molecule has 0 radical (unpaired) electrons. The van der Waals surface area contributed by atoms with Crippen molar-refractivity contribution in [3.63, 3.8) is 0 Å². The van der Waals surface area contributed by atoms with E-state index in [4.69, 9.17) is 5.73 Å². The minimum Gasteiger partial charge on any atom is -0.384 e. The van der Waals surface area contributed by atoms with Crippen molar-refractivity contribution >= 4 is 29.0 Å². The zero-order chi connectivity index (χ0) is 16.8. The Balaban J connectivity index is 1.48. The number of anilines is 2. The molecule has 7 heteroatoms. The fourth-order valence-electron chi connectivity index (χ4n) is 2.91. The molecule has 3 rings (SSSR count). The summed E-state index contributed by atoms with van der Waals surface area (Å²) in [6.07, 6.45) is 5.12. The van der Waals surface area contributed by atoms with Crippen molar-refractivity contribution in [3.05, 3.63) is 34.7 Å². The number of carbonyl (C=O) groups excluding carboxylic acids is 1. The number of hydrogen-bond donors (Lipinski definition) is 1. The molecule has 0 atom stereocenters. The average Bonchev–Trinajstić information content (AvgIpc) is 2.97. The Morgan fingerprint density at radius 3 is 2.96 bits per heavy atom. The van der Waals surface area contributed by atoms with Crippen LogP contribution in [-0.4, -0.2) is 47.0 Å². The van der Waals surface area contributed by atoms with Gasteiger partial charge in [-0.1, -0.05) is 6.07 Å². The predicted octanol–water partition coefficient (Wildman–Crippen LogP) is 2.18. The molecule has 0 aliphatic carbocycles. The van der Waals surface area contributed by atoms with Crippen molar-refractivity contribution in [2.45, 2.75) is 25.7 Å². The van der Waals surface area contributed by atoms with E-state index in [-0.39, 0.29) is 5.91 Å². The Hall–Kier alpha value is -2.15. The number of nitrogens with two attached hydrogens (primary N) is 1. The van der Waals surface area contributed by atoms with E-state index in [1.807, 2.05) is 4.90 Å². The number of nitrogens with zero attached hydrogens (tertiary/aromatic N) is 4. The maximum atomic E-state index is 12.4. The Bertz CT molecular complexity index is 661. The van der Waals surface area contributed by atoms with E-state index in [1.165, 1.54) is 4.88 Å². The molecule has 3 heterocycles. The Kier molecular flexibility index (Phi) is 5.63. The van der Waals surface area contributed by atoms with E-state index in [0.717, 1.165) is 45.4 Å². The van der Waals surface area contributed by atoms with Gasteiger partial charge in [0.05, 0.1) is 0 Å². The van der Waals surface area contributed by atoms with E-state index < -0.39 is 0 Å². The Morgan fingerprint density at radius 1 is 1.25 bits per heavy atom. The van der Waals surface area contributed by atoms with Crippen molar-refractivity contribution in [2.24, 2.45) is 0 Å². The van der Waals surface area contributed by atoms with Crippen LogP contribution < -0.4 is 10.6 Å². The standard InChI is InChI=1S/C17H23N5OS/c18-15-7-8-19-17(20-15)22-10-3-9-21(11-12-22)16(23)6-1-4-14-5-2-13-24-14/h2,5,7-8,13H,1,3-4,6,9-12H2,(H2,18,19,20). The van der Waals surface area contributed by atoms with Crippen molar-refractivity contribution in [2.75, 3.05) is 36.8 Å². The number of carbonyl (C=O) groups is 1. The molecule has 128 valence electrons. The second-order valence-electron chi connectivity index (χ2n) is 5.94. The number of rotatable bonds is 5. The lowest BCUT2D eigenvalue weighted by atomic mass is 10.2. The highest BCUT2D eigenvalue weighted by Crippen LogP contribution is 2.15. The fourth-order valence-corrected chi connectivity index (χ4v) is 3.66. The highest BCUT2D eigenvalue weighted by molar-refractivity contribution is 7.09. The maximum Gasteiger partial charge on any atom is 0.227 e. The molecule has 24 heavy (non-hydrogen) atoms. The van der Waals surface area contributed by atoms with Crippen molar-refractivity contribution in [1.82, 2.24) is 14.9 Å². The third-order valence-corrected chi connectivity index (χ3v) is 5.13. The van der Waals surface area contributed by atoms with Gasteiger partial charge in [-0.25, -0.2) is 4.98 Å². The highest BCUT2D eigenvalue weighted by atomic mass is 32.1. The highest BCUT2D eigenvalue weighted by Gasteiger charge is 2.20. The van der Waals surface area contributed by atoms with Gasteiger partial charge >= 0.3 is 0 Å². The monoisotopic (exact) mass is 345 g/mol. The zero-order valence-electron chi connectivity index (χ0n) is 13.7. The lowest BCUT2D eigenvalue weighted by Gasteiger charge is -2.22. The van der Waals surface area contributed by atoms with Gasteiger partial charge in [0, 0.05) is 43.7 Å². The largest absolute Gasteiger partial charge is 0.384 e. The lowest BCUT2D eigenvalue weighted by Crippen LogP contribution is -2.35. The molecule has 1 amide bonds. The second-order valence-corrected chi connectivity index (χ2v) is 6.97. The second kappa shape index (κ2) is 8.10. The summed E-state index contributed by atoms with van der Waals surface area (Å²) in [5, 5.41) is 2.08. The van der Waals surface area contributed by atoms with Crippen molar-refractivity contribution in [1.29, 1.82) is 0 Å². The molecule has 2 N–H and O–H groups in total. The average molecular weight is 345 g/mol. The summed E-state index contributed by atoms with van der Waals surface area (Å²) >= 11 is 1.76. The van der Waals surface area contributed by atoms with E-state index >= 15 is 0 Å². The van der Waals surface area contributed by atoms with Gasteiger partial charge < -0.3 is 15.5 Å². The molecule has 2 aromatic heterocycles. The van der Waals surface area contributed by atoms with Crippen LogP contribution in [0, 0.1) is 0 Å². The van der Waals surface area contributed by atoms with Gasteiger partial charge in [-0.05, 0) is 36.8 Å². The first-order valence-corrected chi connectivity index (χ1v) is 9.24. The summed E-state index contributed by atoms with van der Waals surface area (Å²) in [6, 6.07) is 5.87. The molecule has 1 saturated heterocycles. The minimum atomic E-state index is 0.252. The first kappa shape index (κ1) is 16.7. The van der Waals surface area contributed by atoms with Crippen LogP contribution >= 0.6 is 11.3 Å². The van der Waals surface area contributed by atoms with Crippen molar-refractivity contribution < 1.29 is 4.79 Å². The van der Waals surface area contributed by atoms with Crippen LogP contribution in [0.4, 0.5) is 11.8 Å². The summed E-state index contributed by atoms with van der Waals surface area (Å²) in [6.45, 7) is 3.12. The molecular weight excluding hydrogens is 322 g/mol. The Morgan fingerprint density at radius 2 is 2.17 bits per heavy atom. The number of nitrogen functional groups attached to an aromatic ring is 1. The van der Waals surface area contributed by atoms with Crippen LogP contribution in [0.2, 0.25) is 0 Å². The van der Waals surface area contributed by atoms with Crippen LogP contribution in [0.15, 0.2) is 29.8 Å². The molecule has 1 aliphatic rings. The first-order chi connectivity index (χ1) is 11.7. The lowest BCUT2D eigenvalue weighted by molar-refractivity contribution is -0.131. The third-order valence-electron chi connectivity index (χ3n) is 4.19. The molecule has 1 aliphatic heterocycles. The van der Waals surface area contributed by atoms with Crippen molar-refractivity contribution in [3.8, 4) is 0 Å². The number of aryl methyl sites for hydroxylation is 1. The molecule has 0 saturated carbocycles. The molecule has 6 nitrogen and oxygen atoms in total. The summed E-state index contributed by atoms with van der Waals surface area (Å²) in [4.78, 5) is 26.4. The number of amides is 1. The minimum absolute atomic E-state index is 0.252.